The lowest BCUT2D eigenvalue weighted by Gasteiger charge is -2.13. The van der Waals surface area contributed by atoms with Crippen molar-refractivity contribution in [3.63, 3.8) is 0 Å². The average molecular weight is 393 g/mol. The molecule has 0 atom stereocenters. The highest BCUT2D eigenvalue weighted by Crippen LogP contribution is 2.38. The zero-order valence-electron chi connectivity index (χ0n) is 13.5. The fraction of sp³-hybridized carbons (Fsp3) is 0.176. The van der Waals surface area contributed by atoms with Crippen molar-refractivity contribution in [3.05, 3.63) is 52.0 Å². The van der Waals surface area contributed by atoms with Gasteiger partial charge in [0.25, 0.3) is 5.91 Å². The summed E-state index contributed by atoms with van der Waals surface area (Å²) in [6.07, 6.45) is 1.48. The lowest BCUT2D eigenvalue weighted by atomic mass is 10.2. The van der Waals surface area contributed by atoms with Gasteiger partial charge < -0.3 is 14.2 Å². The van der Waals surface area contributed by atoms with E-state index in [9.17, 15) is 4.79 Å². The summed E-state index contributed by atoms with van der Waals surface area (Å²) in [5.74, 6) is 1.15. The van der Waals surface area contributed by atoms with Gasteiger partial charge in [-0.1, -0.05) is 12.1 Å². The van der Waals surface area contributed by atoms with E-state index < -0.39 is 0 Å². The second-order valence-corrected chi connectivity index (χ2v) is 5.46. The Bertz CT molecular complexity index is 762. The van der Waals surface area contributed by atoms with Gasteiger partial charge in [-0.3, -0.25) is 4.79 Å². The highest BCUT2D eigenvalue weighted by Gasteiger charge is 2.14. The first-order valence-electron chi connectivity index (χ1n) is 6.99. The molecule has 0 radical (unpaired) electrons. The number of rotatable bonds is 6. The minimum atomic E-state index is -0.321. The van der Waals surface area contributed by atoms with Crippen LogP contribution >= 0.6 is 15.9 Å². The van der Waals surface area contributed by atoms with Crippen LogP contribution < -0.4 is 19.6 Å². The van der Waals surface area contributed by atoms with Crippen LogP contribution in [0.1, 0.15) is 15.9 Å². The van der Waals surface area contributed by atoms with E-state index in [1.165, 1.54) is 20.4 Å². The third-order valence-electron chi connectivity index (χ3n) is 3.22. The van der Waals surface area contributed by atoms with Gasteiger partial charge >= 0.3 is 0 Å². The Kier molecular flexibility index (Phi) is 6.20. The summed E-state index contributed by atoms with van der Waals surface area (Å²) < 4.78 is 16.6. The lowest BCUT2D eigenvalue weighted by molar-refractivity contribution is 0.0954. The van der Waals surface area contributed by atoms with Crippen LogP contribution in [0.3, 0.4) is 0 Å². The van der Waals surface area contributed by atoms with Gasteiger partial charge in [0.1, 0.15) is 0 Å². The van der Waals surface area contributed by atoms with E-state index in [-0.39, 0.29) is 5.91 Å². The van der Waals surface area contributed by atoms with Crippen LogP contribution in [-0.2, 0) is 0 Å². The molecule has 0 saturated heterocycles. The maximum absolute atomic E-state index is 12.1. The van der Waals surface area contributed by atoms with Crippen molar-refractivity contribution in [1.82, 2.24) is 5.43 Å². The van der Waals surface area contributed by atoms with Crippen LogP contribution in [0.25, 0.3) is 0 Å². The molecule has 0 aromatic heterocycles. The Morgan fingerprint density at radius 2 is 1.75 bits per heavy atom. The van der Waals surface area contributed by atoms with Crippen molar-refractivity contribution in [2.45, 2.75) is 0 Å². The zero-order chi connectivity index (χ0) is 17.5. The summed E-state index contributed by atoms with van der Waals surface area (Å²) in [7, 11) is 4.59. The van der Waals surface area contributed by atoms with Gasteiger partial charge in [0.2, 0.25) is 5.75 Å². The average Bonchev–Trinajstić information content (AvgIpc) is 2.61. The van der Waals surface area contributed by atoms with Crippen LogP contribution in [0.15, 0.2) is 46.0 Å². The molecule has 2 aromatic carbocycles. The maximum atomic E-state index is 12.1. The molecule has 0 saturated carbocycles. The summed E-state index contributed by atoms with van der Waals surface area (Å²) in [4.78, 5) is 12.1. The number of carbonyl (C=O) groups excluding carboxylic acids is 1. The van der Waals surface area contributed by atoms with Crippen molar-refractivity contribution >= 4 is 28.1 Å². The molecule has 24 heavy (non-hydrogen) atoms. The highest BCUT2D eigenvalue weighted by molar-refractivity contribution is 9.10. The number of ether oxygens (including phenoxy) is 3. The summed E-state index contributed by atoms with van der Waals surface area (Å²) in [5.41, 5.74) is 3.61. The molecule has 0 spiro atoms. The van der Waals surface area contributed by atoms with Crippen LogP contribution in [0.2, 0.25) is 0 Å². The minimum absolute atomic E-state index is 0.321. The molecule has 1 amide bonds. The molecule has 0 fully saturated rings. The minimum Gasteiger partial charge on any atom is -0.493 e. The standard InChI is InChI=1S/C17H17BrN2O4/c1-22-14-9-8-11(15(23-2)16(14)24-3)10-19-20-17(21)12-6-4-5-7-13(12)18/h4-10H,1-3H3,(H,20,21). The van der Waals surface area contributed by atoms with Gasteiger partial charge in [0.15, 0.2) is 11.5 Å². The van der Waals surface area contributed by atoms with E-state index in [2.05, 4.69) is 26.5 Å². The highest BCUT2D eigenvalue weighted by atomic mass is 79.9. The molecule has 7 heteroatoms. The van der Waals surface area contributed by atoms with Crippen molar-refractivity contribution in [2.75, 3.05) is 21.3 Å². The number of methoxy groups -OCH3 is 3. The smallest absolute Gasteiger partial charge is 0.272 e. The summed E-state index contributed by atoms with van der Waals surface area (Å²) in [6.45, 7) is 0. The maximum Gasteiger partial charge on any atom is 0.272 e. The zero-order valence-corrected chi connectivity index (χ0v) is 15.1. The third-order valence-corrected chi connectivity index (χ3v) is 3.91. The monoisotopic (exact) mass is 392 g/mol. The number of hydrazone groups is 1. The Morgan fingerprint density at radius 3 is 2.38 bits per heavy atom. The first-order valence-corrected chi connectivity index (χ1v) is 7.78. The molecule has 0 aliphatic carbocycles. The molecule has 0 aliphatic heterocycles. The first-order chi connectivity index (χ1) is 11.6. The normalized spacial score (nSPS) is 10.5. The number of halogens is 1. The Labute approximate surface area is 148 Å². The number of nitrogens with zero attached hydrogens (tertiary/aromatic N) is 1. The van der Waals surface area contributed by atoms with E-state index >= 15 is 0 Å². The first kappa shape index (κ1) is 17.8. The molecule has 6 nitrogen and oxygen atoms in total. The van der Waals surface area contributed by atoms with Crippen LogP contribution in [0.4, 0.5) is 0 Å². The van der Waals surface area contributed by atoms with E-state index in [1.54, 1.807) is 37.4 Å². The second kappa shape index (κ2) is 8.35. The SMILES string of the molecule is COc1ccc(C=NNC(=O)c2ccccc2Br)c(OC)c1OC. The van der Waals surface area contributed by atoms with E-state index in [1.807, 2.05) is 6.07 Å². The number of benzene rings is 2. The fourth-order valence-corrected chi connectivity index (χ4v) is 2.56. The molecule has 0 aliphatic rings. The predicted molar refractivity (Wildman–Crippen MR) is 95.3 cm³/mol. The molecule has 1 N–H and O–H groups in total. The number of nitrogens with one attached hydrogen (secondary N) is 1. The molecule has 126 valence electrons. The number of hydrogen-bond acceptors (Lipinski definition) is 5. The van der Waals surface area contributed by atoms with Crippen LogP contribution in [0.5, 0.6) is 17.2 Å². The molecule has 2 rings (SSSR count). The summed E-state index contributed by atoms with van der Waals surface area (Å²) >= 11 is 3.33. The van der Waals surface area contributed by atoms with Crippen molar-refractivity contribution in [2.24, 2.45) is 5.10 Å². The lowest BCUT2D eigenvalue weighted by Crippen LogP contribution is -2.18. The van der Waals surface area contributed by atoms with Crippen LogP contribution in [0, 0.1) is 0 Å². The Hall–Kier alpha value is -2.54. The third kappa shape index (κ3) is 3.86. The van der Waals surface area contributed by atoms with E-state index in [0.29, 0.717) is 32.8 Å². The van der Waals surface area contributed by atoms with Gasteiger partial charge in [-0.15, -0.1) is 0 Å². The number of hydrogen-bond donors (Lipinski definition) is 1. The van der Waals surface area contributed by atoms with E-state index in [0.717, 1.165) is 0 Å². The number of amides is 1. The van der Waals surface area contributed by atoms with Crippen molar-refractivity contribution < 1.29 is 19.0 Å². The van der Waals surface area contributed by atoms with Gasteiger partial charge in [-0.05, 0) is 40.2 Å². The largest absolute Gasteiger partial charge is 0.493 e. The van der Waals surface area contributed by atoms with E-state index in [4.69, 9.17) is 14.2 Å². The number of carbonyl (C=O) groups is 1. The molecular formula is C17H17BrN2O4. The van der Waals surface area contributed by atoms with Gasteiger partial charge in [0, 0.05) is 10.0 Å². The Morgan fingerprint density at radius 1 is 1.04 bits per heavy atom. The second-order valence-electron chi connectivity index (χ2n) is 4.60. The van der Waals surface area contributed by atoms with Gasteiger partial charge in [-0.25, -0.2) is 5.43 Å². The molecule has 2 aromatic rings. The Balaban J connectivity index is 2.20. The molecular weight excluding hydrogens is 376 g/mol. The molecule has 0 unspecified atom stereocenters. The quantitative estimate of drug-likeness (QED) is 0.605. The molecule has 0 heterocycles. The van der Waals surface area contributed by atoms with Crippen molar-refractivity contribution in [3.8, 4) is 17.2 Å². The van der Waals surface area contributed by atoms with Gasteiger partial charge in [0.05, 0.1) is 33.1 Å². The summed E-state index contributed by atoms with van der Waals surface area (Å²) in [5, 5.41) is 3.98. The summed E-state index contributed by atoms with van der Waals surface area (Å²) in [6, 6.07) is 10.6. The van der Waals surface area contributed by atoms with Crippen LogP contribution in [-0.4, -0.2) is 33.5 Å². The fourth-order valence-electron chi connectivity index (χ4n) is 2.09. The predicted octanol–water partition coefficient (Wildman–Crippen LogP) is 3.24. The van der Waals surface area contributed by atoms with Crippen molar-refractivity contribution in [1.29, 1.82) is 0 Å². The van der Waals surface area contributed by atoms with Gasteiger partial charge in [-0.2, -0.15) is 5.10 Å². The molecule has 0 bridgehead atoms. The topological polar surface area (TPSA) is 69.2 Å².